The Balaban J connectivity index is 1.34. The van der Waals surface area contributed by atoms with Crippen molar-refractivity contribution < 1.29 is 29.2 Å². The van der Waals surface area contributed by atoms with Gasteiger partial charge in [-0.1, -0.05) is 42.5 Å². The summed E-state index contributed by atoms with van der Waals surface area (Å²) in [5.41, 5.74) is 7.37. The molecule has 0 spiro atoms. The van der Waals surface area contributed by atoms with E-state index in [1.54, 1.807) is 18.2 Å². The molecule has 9 nitrogen and oxygen atoms in total. The fourth-order valence-electron chi connectivity index (χ4n) is 4.90. The van der Waals surface area contributed by atoms with Crippen molar-refractivity contribution in [2.24, 2.45) is 0 Å². The van der Waals surface area contributed by atoms with Gasteiger partial charge in [-0.05, 0) is 65.1 Å². The molecule has 43 heavy (non-hydrogen) atoms. The quantitative estimate of drug-likeness (QED) is 0.182. The molecule has 1 atom stereocenters. The van der Waals surface area contributed by atoms with Crippen molar-refractivity contribution in [3.05, 3.63) is 107 Å². The molecule has 0 saturated carbocycles. The third-order valence-corrected chi connectivity index (χ3v) is 7.32. The number of aliphatic hydroxyl groups is 1. The van der Waals surface area contributed by atoms with Crippen molar-refractivity contribution in [1.82, 2.24) is 5.32 Å². The number of carboxylic acid groups (broad SMARTS) is 1. The van der Waals surface area contributed by atoms with E-state index in [0.29, 0.717) is 31.1 Å². The number of anilines is 1. The molecule has 4 aromatic rings. The molecule has 220 valence electrons. The van der Waals surface area contributed by atoms with Crippen LogP contribution in [0.5, 0.6) is 17.2 Å². The van der Waals surface area contributed by atoms with Crippen molar-refractivity contribution in [3.63, 3.8) is 0 Å². The van der Waals surface area contributed by atoms with Gasteiger partial charge >= 0.3 is 5.97 Å². The summed E-state index contributed by atoms with van der Waals surface area (Å²) >= 11 is 0. The molecule has 1 aliphatic heterocycles. The minimum Gasteiger partial charge on any atom is -0.488 e. The standard InChI is InChI=1S/C34H33N3O6/c1-22-26(6-3-7-29(22)25-9-11-31-33(15-25)42-13-12-41-31)18-36-28-10-8-27(19-37-30(20-38)34(39)40)32(16-28)43-21-24-5-2-4-23(14-24)17-35/h2-11,14-16,30,36-38H,12-13,18-21H2,1H3,(H,39,40). The SMILES string of the molecule is Cc1c(CNc2ccc(CNC(CO)C(=O)O)c(OCc3cccc(C#N)c3)c2)cccc1-c1ccc2c(c1)OCCO2. The molecule has 1 unspecified atom stereocenters. The largest absolute Gasteiger partial charge is 0.488 e. The van der Waals surface area contributed by atoms with Crippen molar-refractivity contribution in [2.75, 3.05) is 25.1 Å². The number of rotatable bonds is 12. The van der Waals surface area contributed by atoms with Gasteiger partial charge in [-0.2, -0.15) is 5.26 Å². The van der Waals surface area contributed by atoms with Gasteiger partial charge in [0.2, 0.25) is 0 Å². The van der Waals surface area contributed by atoms with E-state index in [1.165, 1.54) is 0 Å². The van der Waals surface area contributed by atoms with E-state index in [-0.39, 0.29) is 13.2 Å². The Morgan fingerprint density at radius 3 is 2.58 bits per heavy atom. The molecular weight excluding hydrogens is 546 g/mol. The van der Waals surface area contributed by atoms with Crippen LogP contribution < -0.4 is 24.8 Å². The van der Waals surface area contributed by atoms with Crippen molar-refractivity contribution >= 4 is 11.7 Å². The Morgan fingerprint density at radius 1 is 0.977 bits per heavy atom. The van der Waals surface area contributed by atoms with Gasteiger partial charge in [0.05, 0.1) is 18.2 Å². The minimum atomic E-state index is -1.13. The van der Waals surface area contributed by atoms with Gasteiger partial charge in [-0.25, -0.2) is 0 Å². The lowest BCUT2D eigenvalue weighted by atomic mass is 9.96. The van der Waals surface area contributed by atoms with E-state index in [2.05, 4.69) is 35.8 Å². The fraction of sp³-hybridized carbons (Fsp3) is 0.235. The number of aliphatic hydroxyl groups excluding tert-OH is 1. The van der Waals surface area contributed by atoms with Crippen LogP contribution in [0.3, 0.4) is 0 Å². The summed E-state index contributed by atoms with van der Waals surface area (Å²) < 4.78 is 17.6. The highest BCUT2D eigenvalue weighted by Crippen LogP contribution is 2.36. The first kappa shape index (κ1) is 29.5. The molecule has 0 aliphatic carbocycles. The Labute approximate surface area is 250 Å². The lowest BCUT2D eigenvalue weighted by Crippen LogP contribution is -2.39. The van der Waals surface area contributed by atoms with Crippen molar-refractivity contribution in [2.45, 2.75) is 32.7 Å². The monoisotopic (exact) mass is 579 g/mol. The Hall–Kier alpha value is -5.04. The van der Waals surface area contributed by atoms with Crippen LogP contribution >= 0.6 is 0 Å². The molecule has 0 fully saturated rings. The molecular formula is C34H33N3O6. The summed E-state index contributed by atoms with van der Waals surface area (Å²) in [7, 11) is 0. The number of nitrogens with zero attached hydrogens (tertiary/aromatic N) is 1. The summed E-state index contributed by atoms with van der Waals surface area (Å²) in [5.74, 6) is 0.936. The molecule has 0 amide bonds. The molecule has 0 saturated heterocycles. The van der Waals surface area contributed by atoms with Crippen LogP contribution in [0.15, 0.2) is 78.9 Å². The molecule has 5 rings (SSSR count). The number of hydrogen-bond donors (Lipinski definition) is 4. The van der Waals surface area contributed by atoms with E-state index in [4.69, 9.17) is 14.2 Å². The van der Waals surface area contributed by atoms with Gasteiger partial charge in [-0.3, -0.25) is 10.1 Å². The average molecular weight is 580 g/mol. The minimum absolute atomic E-state index is 0.183. The van der Waals surface area contributed by atoms with Gasteiger partial charge in [0.1, 0.15) is 31.6 Å². The molecule has 9 heteroatoms. The zero-order valence-corrected chi connectivity index (χ0v) is 23.8. The maximum Gasteiger partial charge on any atom is 0.323 e. The Morgan fingerprint density at radius 2 is 1.79 bits per heavy atom. The van der Waals surface area contributed by atoms with Gasteiger partial charge in [0, 0.05) is 30.4 Å². The first-order chi connectivity index (χ1) is 20.9. The highest BCUT2D eigenvalue weighted by atomic mass is 16.6. The predicted octanol–water partition coefficient (Wildman–Crippen LogP) is 5.03. The van der Waals surface area contributed by atoms with E-state index in [9.17, 15) is 20.3 Å². The number of carboxylic acids is 1. The molecule has 1 aliphatic rings. The van der Waals surface area contributed by atoms with Gasteiger partial charge in [0.15, 0.2) is 11.5 Å². The Kier molecular flexibility index (Phi) is 9.42. The number of nitrogens with one attached hydrogen (secondary N) is 2. The second kappa shape index (κ2) is 13.7. The van der Waals surface area contributed by atoms with E-state index < -0.39 is 18.6 Å². The fourth-order valence-corrected chi connectivity index (χ4v) is 4.90. The van der Waals surface area contributed by atoms with Gasteiger partial charge < -0.3 is 29.7 Å². The summed E-state index contributed by atoms with van der Waals surface area (Å²) in [6.45, 7) is 3.63. The third kappa shape index (κ3) is 7.25. The summed E-state index contributed by atoms with van der Waals surface area (Å²) in [4.78, 5) is 11.4. The van der Waals surface area contributed by atoms with E-state index >= 15 is 0 Å². The summed E-state index contributed by atoms with van der Waals surface area (Å²) in [6.07, 6.45) is 0. The highest BCUT2D eigenvalue weighted by molar-refractivity contribution is 5.73. The average Bonchev–Trinajstić information content (AvgIpc) is 3.04. The highest BCUT2D eigenvalue weighted by Gasteiger charge is 2.17. The topological polar surface area (TPSA) is 133 Å². The normalized spacial score (nSPS) is 12.7. The molecule has 1 heterocycles. The number of ether oxygens (including phenoxy) is 3. The predicted molar refractivity (Wildman–Crippen MR) is 162 cm³/mol. The smallest absolute Gasteiger partial charge is 0.323 e. The number of nitriles is 1. The van der Waals surface area contributed by atoms with Gasteiger partial charge in [-0.15, -0.1) is 0 Å². The van der Waals surface area contributed by atoms with Gasteiger partial charge in [0.25, 0.3) is 0 Å². The van der Waals surface area contributed by atoms with Crippen LogP contribution in [0.2, 0.25) is 0 Å². The summed E-state index contributed by atoms with van der Waals surface area (Å²) in [6, 6.07) is 26.1. The summed E-state index contributed by atoms with van der Waals surface area (Å²) in [5, 5.41) is 34.3. The molecule has 0 aromatic heterocycles. The number of aliphatic carboxylic acids is 1. The first-order valence-electron chi connectivity index (χ1n) is 14.0. The zero-order chi connectivity index (χ0) is 30.2. The molecule has 4 aromatic carbocycles. The van der Waals surface area contributed by atoms with E-state index in [1.807, 2.05) is 48.5 Å². The lowest BCUT2D eigenvalue weighted by molar-refractivity contribution is -0.140. The third-order valence-electron chi connectivity index (χ3n) is 7.32. The number of hydrogen-bond acceptors (Lipinski definition) is 8. The molecule has 0 bridgehead atoms. The number of fused-ring (bicyclic) bond motifs is 1. The second-order valence-corrected chi connectivity index (χ2v) is 10.2. The van der Waals surface area contributed by atoms with Crippen LogP contribution in [-0.2, 0) is 24.5 Å². The van der Waals surface area contributed by atoms with Crippen LogP contribution in [0.1, 0.15) is 27.8 Å². The zero-order valence-electron chi connectivity index (χ0n) is 23.8. The molecule has 0 radical (unpaired) electrons. The second-order valence-electron chi connectivity index (χ2n) is 10.2. The molecule has 4 N–H and O–H groups in total. The maximum atomic E-state index is 11.4. The van der Waals surface area contributed by atoms with Crippen molar-refractivity contribution in [1.29, 1.82) is 5.26 Å². The van der Waals surface area contributed by atoms with Crippen LogP contribution in [0.4, 0.5) is 5.69 Å². The maximum absolute atomic E-state index is 11.4. The van der Waals surface area contributed by atoms with Crippen LogP contribution in [0, 0.1) is 18.3 Å². The number of benzene rings is 4. The number of carbonyl (C=O) groups is 1. The van der Waals surface area contributed by atoms with Crippen LogP contribution in [-0.4, -0.2) is 42.0 Å². The van der Waals surface area contributed by atoms with Crippen molar-refractivity contribution in [3.8, 4) is 34.4 Å². The van der Waals surface area contributed by atoms with E-state index in [0.717, 1.165) is 50.6 Å². The first-order valence-corrected chi connectivity index (χ1v) is 14.0. The lowest BCUT2D eigenvalue weighted by Gasteiger charge is -2.20. The Bertz CT molecular complexity index is 1650. The van der Waals surface area contributed by atoms with Crippen LogP contribution in [0.25, 0.3) is 11.1 Å².